The van der Waals surface area contributed by atoms with Crippen molar-refractivity contribution in [1.29, 1.82) is 0 Å². The van der Waals surface area contributed by atoms with Gasteiger partial charge in [-0.1, -0.05) is 25.7 Å². The summed E-state index contributed by atoms with van der Waals surface area (Å²) in [5.74, 6) is 0.463. The largest absolute Gasteiger partial charge is 2.00 e. The Hall–Kier alpha value is -0.294. The van der Waals surface area contributed by atoms with Crippen LogP contribution in [0, 0.1) is 35.5 Å². The topological polar surface area (TPSA) is 80.3 Å². The van der Waals surface area contributed by atoms with Gasteiger partial charge in [0.05, 0.1) is 0 Å². The van der Waals surface area contributed by atoms with Gasteiger partial charge in [0.1, 0.15) is 0 Å². The van der Waals surface area contributed by atoms with Gasteiger partial charge in [-0.3, -0.25) is 0 Å². The second-order valence-corrected chi connectivity index (χ2v) is 7.88. The van der Waals surface area contributed by atoms with Gasteiger partial charge in [-0.15, -0.1) is 0 Å². The minimum absolute atomic E-state index is 0. The smallest absolute Gasteiger partial charge is 0.550 e. The molecule has 2 unspecified atom stereocenters. The molecular formula is C18H26MgO4. The third kappa shape index (κ3) is 4.41. The fraction of sp³-hybridized carbons (Fsp3) is 0.889. The molecule has 0 aromatic rings. The van der Waals surface area contributed by atoms with Crippen molar-refractivity contribution in [3.8, 4) is 0 Å². The predicted molar refractivity (Wildman–Crippen MR) is 82.9 cm³/mol. The molecular weight excluding hydrogens is 304 g/mol. The first-order chi connectivity index (χ1) is 10.5. The molecule has 0 saturated heterocycles. The molecule has 0 heterocycles. The molecule has 6 fully saturated rings. The van der Waals surface area contributed by atoms with E-state index in [0.29, 0.717) is 23.7 Å². The van der Waals surface area contributed by atoms with Gasteiger partial charge in [-0.05, 0) is 62.2 Å². The summed E-state index contributed by atoms with van der Waals surface area (Å²) >= 11 is 0. The van der Waals surface area contributed by atoms with Crippen molar-refractivity contribution in [2.75, 3.05) is 0 Å². The Kier molecular flexibility index (Phi) is 6.78. The van der Waals surface area contributed by atoms with Gasteiger partial charge in [-0.2, -0.15) is 0 Å². The van der Waals surface area contributed by atoms with Gasteiger partial charge >= 0.3 is 23.1 Å². The summed E-state index contributed by atoms with van der Waals surface area (Å²) in [6.45, 7) is 0. The number of fused-ring (bicyclic) bond motifs is 6. The molecule has 23 heavy (non-hydrogen) atoms. The summed E-state index contributed by atoms with van der Waals surface area (Å²) in [7, 11) is 0. The number of hydrogen-bond donors (Lipinski definition) is 0. The molecule has 6 aliphatic rings. The number of rotatable bonds is 2. The van der Waals surface area contributed by atoms with E-state index < -0.39 is 11.9 Å². The van der Waals surface area contributed by atoms with Gasteiger partial charge in [0.25, 0.3) is 0 Å². The number of carbonyl (C=O) groups is 2. The molecule has 6 saturated carbocycles. The van der Waals surface area contributed by atoms with Crippen LogP contribution in [-0.2, 0) is 9.59 Å². The van der Waals surface area contributed by atoms with Crippen molar-refractivity contribution in [1.82, 2.24) is 0 Å². The Balaban J connectivity index is 0.000000160. The third-order valence-electron chi connectivity index (χ3n) is 6.70. The van der Waals surface area contributed by atoms with Crippen molar-refractivity contribution in [2.24, 2.45) is 35.5 Å². The Morgan fingerprint density at radius 2 is 0.913 bits per heavy atom. The van der Waals surface area contributed by atoms with E-state index in [4.69, 9.17) is 0 Å². The van der Waals surface area contributed by atoms with E-state index in [0.717, 1.165) is 38.5 Å². The average molecular weight is 331 g/mol. The van der Waals surface area contributed by atoms with Crippen molar-refractivity contribution in [3.63, 3.8) is 0 Å². The summed E-state index contributed by atoms with van der Waals surface area (Å²) < 4.78 is 0. The van der Waals surface area contributed by atoms with E-state index >= 15 is 0 Å². The molecule has 6 aliphatic carbocycles. The van der Waals surface area contributed by atoms with Crippen LogP contribution in [-0.4, -0.2) is 35.0 Å². The number of carboxylic acids is 2. The summed E-state index contributed by atoms with van der Waals surface area (Å²) in [5.41, 5.74) is 0. The molecule has 5 heteroatoms. The maximum atomic E-state index is 10.6. The Morgan fingerprint density at radius 1 is 0.609 bits per heavy atom. The van der Waals surface area contributed by atoms with Crippen molar-refractivity contribution >= 4 is 35.0 Å². The molecule has 6 rings (SSSR count). The molecule has 0 spiro atoms. The molecule has 2 atom stereocenters. The molecule has 0 N–H and O–H groups in total. The molecule has 0 amide bonds. The SMILES string of the molecule is O=C([O-])C1CC2CCC1CC2.O=C([O-])C1CC2CCC1CC2.[Mg+2]. The van der Waals surface area contributed by atoms with Crippen molar-refractivity contribution in [3.05, 3.63) is 0 Å². The van der Waals surface area contributed by atoms with Gasteiger partial charge in [-0.25, -0.2) is 0 Å². The number of carboxylic acid groups (broad SMARTS) is 2. The molecule has 4 nitrogen and oxygen atoms in total. The van der Waals surface area contributed by atoms with E-state index in [-0.39, 0.29) is 34.9 Å². The van der Waals surface area contributed by atoms with Crippen LogP contribution < -0.4 is 10.2 Å². The van der Waals surface area contributed by atoms with E-state index in [2.05, 4.69) is 0 Å². The summed E-state index contributed by atoms with van der Waals surface area (Å²) in [6, 6.07) is 0. The molecule has 124 valence electrons. The second kappa shape index (κ2) is 8.19. The van der Waals surface area contributed by atoms with Gasteiger partial charge in [0.2, 0.25) is 0 Å². The van der Waals surface area contributed by atoms with Crippen LogP contribution >= 0.6 is 0 Å². The molecule has 4 bridgehead atoms. The minimum atomic E-state index is -0.806. The standard InChI is InChI=1S/2C9H14O2.Mg/c2*10-9(11)8-5-6-1-3-7(8)4-2-6;/h2*6-8H,1-5H2,(H,10,11);/q;;+2/p-2. The zero-order valence-corrected chi connectivity index (χ0v) is 15.3. The summed E-state index contributed by atoms with van der Waals surface area (Å²) in [6.07, 6.45) is 11.3. The first-order valence-electron chi connectivity index (χ1n) is 8.96. The van der Waals surface area contributed by atoms with Crippen LogP contribution in [0.5, 0.6) is 0 Å². The van der Waals surface area contributed by atoms with Crippen LogP contribution in [0.25, 0.3) is 0 Å². The number of carbonyl (C=O) groups excluding carboxylic acids is 2. The minimum Gasteiger partial charge on any atom is -0.550 e. The fourth-order valence-corrected chi connectivity index (χ4v) is 5.33. The zero-order valence-electron chi connectivity index (χ0n) is 13.9. The maximum Gasteiger partial charge on any atom is 2.00 e. The molecule has 0 aliphatic heterocycles. The Bertz CT molecular complexity index is 383. The van der Waals surface area contributed by atoms with Gasteiger partial charge in [0.15, 0.2) is 0 Å². The average Bonchev–Trinajstić information content (AvgIpc) is 2.57. The van der Waals surface area contributed by atoms with E-state index in [1.807, 2.05) is 0 Å². The summed E-state index contributed by atoms with van der Waals surface area (Å²) in [5, 5.41) is 21.3. The van der Waals surface area contributed by atoms with Crippen LogP contribution in [0.2, 0.25) is 0 Å². The molecule has 0 aromatic heterocycles. The van der Waals surface area contributed by atoms with Gasteiger partial charge < -0.3 is 19.8 Å². The van der Waals surface area contributed by atoms with Crippen LogP contribution in [0.4, 0.5) is 0 Å². The van der Waals surface area contributed by atoms with E-state index in [1.165, 1.54) is 25.7 Å². The monoisotopic (exact) mass is 330 g/mol. The molecule has 0 radical (unpaired) electrons. The van der Waals surface area contributed by atoms with Crippen molar-refractivity contribution in [2.45, 2.75) is 64.2 Å². The Morgan fingerprint density at radius 3 is 1.04 bits per heavy atom. The predicted octanol–water partition coefficient (Wildman–Crippen LogP) is 0.744. The zero-order chi connectivity index (χ0) is 15.7. The number of aliphatic carboxylic acids is 2. The first-order valence-corrected chi connectivity index (χ1v) is 8.96. The second-order valence-electron chi connectivity index (χ2n) is 7.88. The van der Waals surface area contributed by atoms with E-state index in [1.54, 1.807) is 0 Å². The normalized spacial score (nSPS) is 40.5. The summed E-state index contributed by atoms with van der Waals surface area (Å²) in [4.78, 5) is 21.3. The van der Waals surface area contributed by atoms with Crippen LogP contribution in [0.3, 0.4) is 0 Å². The maximum absolute atomic E-state index is 10.6. The Labute approximate surface area is 154 Å². The third-order valence-corrected chi connectivity index (χ3v) is 6.70. The van der Waals surface area contributed by atoms with E-state index in [9.17, 15) is 19.8 Å². The fourth-order valence-electron chi connectivity index (χ4n) is 5.33. The van der Waals surface area contributed by atoms with Gasteiger partial charge in [0, 0.05) is 23.8 Å². The first kappa shape index (κ1) is 19.0. The molecule has 0 aromatic carbocycles. The van der Waals surface area contributed by atoms with Crippen molar-refractivity contribution < 1.29 is 19.8 Å². The van der Waals surface area contributed by atoms with Crippen LogP contribution in [0.1, 0.15) is 64.2 Å². The number of hydrogen-bond acceptors (Lipinski definition) is 4. The van der Waals surface area contributed by atoms with Crippen LogP contribution in [0.15, 0.2) is 0 Å². The quantitative estimate of drug-likeness (QED) is 0.700.